The Balaban J connectivity index is 1.69. The van der Waals surface area contributed by atoms with E-state index in [2.05, 4.69) is 10.1 Å². The molecule has 0 atom stereocenters. The Bertz CT molecular complexity index is 1240. The fraction of sp³-hybridized carbons (Fsp3) is 0.0455. The van der Waals surface area contributed by atoms with Gasteiger partial charge in [-0.05, 0) is 54.6 Å². The lowest BCUT2D eigenvalue weighted by atomic mass is 10.2. The van der Waals surface area contributed by atoms with Crippen LogP contribution in [-0.4, -0.2) is 25.8 Å². The maximum absolute atomic E-state index is 14.2. The smallest absolute Gasteiger partial charge is 0.336 e. The van der Waals surface area contributed by atoms with Gasteiger partial charge in [0, 0.05) is 23.5 Å². The Labute approximate surface area is 170 Å². The van der Waals surface area contributed by atoms with Gasteiger partial charge >= 0.3 is 5.97 Å². The van der Waals surface area contributed by atoms with E-state index in [1.165, 1.54) is 18.2 Å². The Morgan fingerprint density at radius 2 is 2.00 bits per heavy atom. The van der Waals surface area contributed by atoms with Crippen molar-refractivity contribution in [1.82, 2.24) is 14.8 Å². The number of carboxylic acids is 1. The third-order valence-corrected chi connectivity index (χ3v) is 5.48. The maximum atomic E-state index is 14.2. The van der Waals surface area contributed by atoms with Crippen LogP contribution in [0.4, 0.5) is 4.39 Å². The van der Waals surface area contributed by atoms with Crippen molar-refractivity contribution in [1.29, 1.82) is 0 Å². The summed E-state index contributed by atoms with van der Waals surface area (Å²) in [6, 6.07) is 15.4. The Hall–Kier alpha value is -3.45. The van der Waals surface area contributed by atoms with E-state index < -0.39 is 11.8 Å². The topological polar surface area (TPSA) is 68.0 Å². The molecule has 29 heavy (non-hydrogen) atoms. The summed E-state index contributed by atoms with van der Waals surface area (Å²) in [5.74, 6) is -1.71. The summed E-state index contributed by atoms with van der Waals surface area (Å²) in [7, 11) is 1.83. The summed E-state index contributed by atoms with van der Waals surface area (Å²) in [6.45, 7) is 0. The number of pyridine rings is 1. The highest BCUT2D eigenvalue weighted by Gasteiger charge is 2.16. The van der Waals surface area contributed by atoms with Crippen molar-refractivity contribution in [2.24, 2.45) is 7.05 Å². The first-order valence-corrected chi connectivity index (χ1v) is 9.60. The lowest BCUT2D eigenvalue weighted by molar-refractivity contribution is 0.0692. The van der Waals surface area contributed by atoms with Gasteiger partial charge in [0.25, 0.3) is 0 Å². The van der Waals surface area contributed by atoms with Crippen LogP contribution in [0.2, 0.25) is 0 Å². The van der Waals surface area contributed by atoms with Crippen LogP contribution in [0.15, 0.2) is 70.6 Å². The first kappa shape index (κ1) is 18.9. The van der Waals surface area contributed by atoms with Crippen LogP contribution in [0.5, 0.6) is 0 Å². The lowest BCUT2D eigenvalue weighted by Gasteiger charge is -2.07. The van der Waals surface area contributed by atoms with Gasteiger partial charge in [0.1, 0.15) is 5.82 Å². The Kier molecular flexibility index (Phi) is 5.14. The summed E-state index contributed by atoms with van der Waals surface area (Å²) >= 11 is 1.09. The first-order valence-electron chi connectivity index (χ1n) is 8.78. The second kappa shape index (κ2) is 7.89. The third-order valence-electron chi connectivity index (χ3n) is 4.37. The molecule has 2 heterocycles. The predicted molar refractivity (Wildman–Crippen MR) is 111 cm³/mol. The number of carboxylic acid groups (broad SMARTS) is 1. The molecule has 0 bridgehead atoms. The SMILES string of the molecule is Cn1nc(/C=C/c2ccccn2)c2ccc(Sc3c(F)cccc3C(=O)O)cc21. The van der Waals surface area contributed by atoms with Crippen molar-refractivity contribution >= 4 is 40.8 Å². The highest BCUT2D eigenvalue weighted by Crippen LogP contribution is 2.35. The molecule has 0 radical (unpaired) electrons. The fourth-order valence-electron chi connectivity index (χ4n) is 2.99. The summed E-state index contributed by atoms with van der Waals surface area (Å²) < 4.78 is 16.0. The number of rotatable bonds is 5. The summed E-state index contributed by atoms with van der Waals surface area (Å²) in [4.78, 5) is 16.5. The van der Waals surface area contributed by atoms with Gasteiger partial charge < -0.3 is 5.11 Å². The zero-order valence-electron chi connectivity index (χ0n) is 15.4. The highest BCUT2D eigenvalue weighted by atomic mass is 32.2. The van der Waals surface area contributed by atoms with Crippen LogP contribution >= 0.6 is 11.8 Å². The van der Waals surface area contributed by atoms with Gasteiger partial charge in [-0.1, -0.05) is 23.9 Å². The van der Waals surface area contributed by atoms with Crippen LogP contribution in [-0.2, 0) is 7.05 Å². The third kappa shape index (κ3) is 3.90. The van der Waals surface area contributed by atoms with Crippen LogP contribution in [0, 0.1) is 5.82 Å². The molecule has 0 aliphatic heterocycles. The minimum Gasteiger partial charge on any atom is -0.478 e. The number of fused-ring (bicyclic) bond motifs is 1. The predicted octanol–water partition coefficient (Wildman–Crippen LogP) is 5.13. The number of carbonyl (C=O) groups is 1. The van der Waals surface area contributed by atoms with E-state index in [-0.39, 0.29) is 10.5 Å². The summed E-state index contributed by atoms with van der Waals surface area (Å²) in [5, 5.41) is 14.8. The van der Waals surface area contributed by atoms with Crippen LogP contribution in [0.25, 0.3) is 23.1 Å². The molecule has 2 aromatic carbocycles. The van der Waals surface area contributed by atoms with Crippen LogP contribution in [0.1, 0.15) is 21.7 Å². The number of aryl methyl sites for hydroxylation is 1. The molecule has 0 unspecified atom stereocenters. The molecular formula is C22H16FN3O2S. The first-order chi connectivity index (χ1) is 14.0. The van der Waals surface area contributed by atoms with Gasteiger partial charge in [-0.25, -0.2) is 9.18 Å². The van der Waals surface area contributed by atoms with E-state index in [9.17, 15) is 14.3 Å². The molecule has 2 aromatic heterocycles. The average molecular weight is 405 g/mol. The van der Waals surface area contributed by atoms with E-state index >= 15 is 0 Å². The van der Waals surface area contributed by atoms with Gasteiger partial charge in [-0.2, -0.15) is 5.10 Å². The van der Waals surface area contributed by atoms with Crippen molar-refractivity contribution in [3.63, 3.8) is 0 Å². The molecule has 0 spiro atoms. The Morgan fingerprint density at radius 1 is 1.14 bits per heavy atom. The van der Waals surface area contributed by atoms with Crippen molar-refractivity contribution in [2.45, 2.75) is 9.79 Å². The standard InChI is InChI=1S/C22H16FN3O2S/c1-26-20-13-15(29-21-17(22(27)28)6-4-7-18(21)23)9-10-16(20)19(25-26)11-8-14-5-2-3-12-24-14/h2-13H,1H3,(H,27,28)/b11-8+. The minimum atomic E-state index is -1.16. The molecule has 0 saturated heterocycles. The second-order valence-electron chi connectivity index (χ2n) is 6.30. The molecule has 4 aromatic rings. The van der Waals surface area contributed by atoms with E-state index in [1.807, 2.05) is 55.6 Å². The zero-order chi connectivity index (χ0) is 20.4. The van der Waals surface area contributed by atoms with Gasteiger partial charge in [0.2, 0.25) is 0 Å². The molecule has 0 amide bonds. The van der Waals surface area contributed by atoms with Gasteiger partial charge in [-0.3, -0.25) is 9.67 Å². The van der Waals surface area contributed by atoms with E-state index in [0.29, 0.717) is 0 Å². The molecule has 5 nitrogen and oxygen atoms in total. The van der Waals surface area contributed by atoms with Crippen molar-refractivity contribution < 1.29 is 14.3 Å². The average Bonchev–Trinajstić information content (AvgIpc) is 3.04. The molecule has 4 rings (SSSR count). The lowest BCUT2D eigenvalue weighted by Crippen LogP contribution is -2.00. The molecule has 7 heteroatoms. The monoisotopic (exact) mass is 405 g/mol. The van der Waals surface area contributed by atoms with E-state index in [0.717, 1.165) is 38.9 Å². The zero-order valence-corrected chi connectivity index (χ0v) is 16.2. The number of benzene rings is 2. The number of halogens is 1. The number of aromatic nitrogens is 3. The number of hydrogen-bond acceptors (Lipinski definition) is 4. The normalized spacial score (nSPS) is 11.4. The number of hydrogen-bond donors (Lipinski definition) is 1. The molecule has 144 valence electrons. The highest BCUT2D eigenvalue weighted by molar-refractivity contribution is 7.99. The van der Waals surface area contributed by atoms with E-state index in [1.54, 1.807) is 10.9 Å². The minimum absolute atomic E-state index is 0.0564. The van der Waals surface area contributed by atoms with Crippen molar-refractivity contribution in [2.75, 3.05) is 0 Å². The van der Waals surface area contributed by atoms with Gasteiger partial charge in [-0.15, -0.1) is 0 Å². The van der Waals surface area contributed by atoms with Crippen LogP contribution in [0.3, 0.4) is 0 Å². The van der Waals surface area contributed by atoms with Crippen LogP contribution < -0.4 is 0 Å². The number of nitrogens with zero attached hydrogens (tertiary/aromatic N) is 3. The maximum Gasteiger partial charge on any atom is 0.336 e. The second-order valence-corrected chi connectivity index (χ2v) is 7.38. The molecule has 0 fully saturated rings. The van der Waals surface area contributed by atoms with Crippen molar-refractivity contribution in [3.8, 4) is 0 Å². The largest absolute Gasteiger partial charge is 0.478 e. The van der Waals surface area contributed by atoms with E-state index in [4.69, 9.17) is 0 Å². The van der Waals surface area contributed by atoms with Crippen molar-refractivity contribution in [3.05, 3.63) is 83.6 Å². The molecule has 0 aliphatic rings. The van der Waals surface area contributed by atoms with Gasteiger partial charge in [0.15, 0.2) is 0 Å². The Morgan fingerprint density at radius 3 is 2.76 bits per heavy atom. The number of aromatic carboxylic acids is 1. The van der Waals surface area contributed by atoms with Gasteiger partial charge in [0.05, 0.1) is 27.4 Å². The molecule has 0 saturated carbocycles. The quantitative estimate of drug-likeness (QED) is 0.499. The summed E-state index contributed by atoms with van der Waals surface area (Å²) in [5.41, 5.74) is 2.43. The fourth-order valence-corrected chi connectivity index (χ4v) is 3.96. The molecule has 1 N–H and O–H groups in total. The molecule has 0 aliphatic carbocycles. The summed E-state index contributed by atoms with van der Waals surface area (Å²) in [6.07, 6.45) is 5.52. The molecular weight excluding hydrogens is 389 g/mol.